The number of hydrogen-bond acceptors (Lipinski definition) is 3. The molecule has 1 amide bonds. The summed E-state index contributed by atoms with van der Waals surface area (Å²) >= 11 is 6.71. The average Bonchev–Trinajstić information content (AvgIpc) is 2.40. The molecule has 0 bridgehead atoms. The maximum absolute atomic E-state index is 11.9. The molecule has 0 spiro atoms. The SMILES string of the molecule is COCCOCCCNC(=O)c1cc(Br)ccc1Br. The lowest BCUT2D eigenvalue weighted by molar-refractivity contribution is 0.0688. The Labute approximate surface area is 130 Å². The predicted octanol–water partition coefficient (Wildman–Crippen LogP) is 2.99. The van der Waals surface area contributed by atoms with E-state index in [2.05, 4.69) is 37.2 Å². The Kier molecular flexibility index (Phi) is 8.29. The first kappa shape index (κ1) is 16.6. The third-order valence-electron chi connectivity index (χ3n) is 2.36. The number of amides is 1. The van der Waals surface area contributed by atoms with Gasteiger partial charge in [-0.25, -0.2) is 0 Å². The van der Waals surface area contributed by atoms with Gasteiger partial charge in [0.05, 0.1) is 18.8 Å². The number of nitrogens with one attached hydrogen (secondary N) is 1. The van der Waals surface area contributed by atoms with Crippen LogP contribution in [-0.2, 0) is 9.47 Å². The van der Waals surface area contributed by atoms with Gasteiger partial charge in [-0.3, -0.25) is 4.79 Å². The van der Waals surface area contributed by atoms with Crippen LogP contribution < -0.4 is 5.32 Å². The van der Waals surface area contributed by atoms with Crippen molar-refractivity contribution in [2.24, 2.45) is 0 Å². The Morgan fingerprint density at radius 2 is 2.05 bits per heavy atom. The first-order valence-corrected chi connectivity index (χ1v) is 7.53. The van der Waals surface area contributed by atoms with Crippen molar-refractivity contribution >= 4 is 37.8 Å². The monoisotopic (exact) mass is 393 g/mol. The Bertz CT molecular complexity index is 413. The molecule has 0 aliphatic heterocycles. The van der Waals surface area contributed by atoms with Gasteiger partial charge in [0, 0.05) is 29.2 Å². The Hall–Kier alpha value is -0.430. The fraction of sp³-hybridized carbons (Fsp3) is 0.462. The van der Waals surface area contributed by atoms with E-state index in [0.29, 0.717) is 31.9 Å². The lowest BCUT2D eigenvalue weighted by Gasteiger charge is -2.08. The predicted molar refractivity (Wildman–Crippen MR) is 81.5 cm³/mol. The number of halogens is 2. The van der Waals surface area contributed by atoms with E-state index < -0.39 is 0 Å². The maximum Gasteiger partial charge on any atom is 0.252 e. The molecule has 106 valence electrons. The third kappa shape index (κ3) is 6.51. The first-order chi connectivity index (χ1) is 9.15. The van der Waals surface area contributed by atoms with Crippen molar-refractivity contribution in [2.75, 3.05) is 33.5 Å². The van der Waals surface area contributed by atoms with Gasteiger partial charge in [0.1, 0.15) is 0 Å². The molecular weight excluding hydrogens is 378 g/mol. The van der Waals surface area contributed by atoms with Crippen LogP contribution in [0.2, 0.25) is 0 Å². The smallest absolute Gasteiger partial charge is 0.252 e. The molecule has 1 aromatic rings. The molecule has 4 nitrogen and oxygen atoms in total. The normalized spacial score (nSPS) is 10.5. The van der Waals surface area contributed by atoms with E-state index in [1.807, 2.05) is 12.1 Å². The second-order valence-electron chi connectivity index (χ2n) is 3.84. The van der Waals surface area contributed by atoms with E-state index in [4.69, 9.17) is 9.47 Å². The number of carbonyl (C=O) groups excluding carboxylic acids is 1. The summed E-state index contributed by atoms with van der Waals surface area (Å²) in [4.78, 5) is 11.9. The molecular formula is C13H17Br2NO3. The largest absolute Gasteiger partial charge is 0.382 e. The van der Waals surface area contributed by atoms with Crippen LogP contribution >= 0.6 is 31.9 Å². The van der Waals surface area contributed by atoms with Crippen LogP contribution in [-0.4, -0.2) is 39.4 Å². The average molecular weight is 395 g/mol. The zero-order valence-electron chi connectivity index (χ0n) is 10.7. The molecule has 0 fully saturated rings. The third-order valence-corrected chi connectivity index (χ3v) is 3.54. The van der Waals surface area contributed by atoms with Crippen molar-refractivity contribution in [3.63, 3.8) is 0 Å². The van der Waals surface area contributed by atoms with Crippen LogP contribution in [0, 0.1) is 0 Å². The summed E-state index contributed by atoms with van der Waals surface area (Å²) in [5.74, 6) is -0.0925. The van der Waals surface area contributed by atoms with E-state index in [0.717, 1.165) is 15.4 Å². The van der Waals surface area contributed by atoms with Gasteiger partial charge in [0.15, 0.2) is 0 Å². The fourth-order valence-electron chi connectivity index (χ4n) is 1.39. The molecule has 0 aromatic heterocycles. The molecule has 0 saturated carbocycles. The van der Waals surface area contributed by atoms with Crippen LogP contribution in [0.1, 0.15) is 16.8 Å². The maximum atomic E-state index is 11.9. The molecule has 19 heavy (non-hydrogen) atoms. The molecule has 0 unspecified atom stereocenters. The summed E-state index contributed by atoms with van der Waals surface area (Å²) in [6, 6.07) is 5.51. The molecule has 1 aromatic carbocycles. The Morgan fingerprint density at radius 3 is 2.79 bits per heavy atom. The minimum absolute atomic E-state index is 0.0925. The van der Waals surface area contributed by atoms with Crippen molar-refractivity contribution in [1.29, 1.82) is 0 Å². The highest BCUT2D eigenvalue weighted by Gasteiger charge is 2.09. The van der Waals surface area contributed by atoms with Crippen molar-refractivity contribution in [1.82, 2.24) is 5.32 Å². The number of rotatable bonds is 8. The van der Waals surface area contributed by atoms with Gasteiger partial charge in [0.25, 0.3) is 5.91 Å². The van der Waals surface area contributed by atoms with E-state index in [-0.39, 0.29) is 5.91 Å². The van der Waals surface area contributed by atoms with Crippen molar-refractivity contribution in [3.05, 3.63) is 32.7 Å². The minimum Gasteiger partial charge on any atom is -0.382 e. The topological polar surface area (TPSA) is 47.6 Å². The highest BCUT2D eigenvalue weighted by atomic mass is 79.9. The lowest BCUT2D eigenvalue weighted by Crippen LogP contribution is -2.25. The second-order valence-corrected chi connectivity index (χ2v) is 5.61. The number of benzene rings is 1. The second kappa shape index (κ2) is 9.47. The van der Waals surface area contributed by atoms with Crippen molar-refractivity contribution in [2.45, 2.75) is 6.42 Å². The van der Waals surface area contributed by atoms with Crippen LogP contribution in [0.15, 0.2) is 27.1 Å². The number of carbonyl (C=O) groups is 1. The molecule has 0 aliphatic carbocycles. The van der Waals surface area contributed by atoms with Gasteiger partial charge >= 0.3 is 0 Å². The van der Waals surface area contributed by atoms with Crippen LogP contribution in [0.3, 0.4) is 0 Å². The summed E-state index contributed by atoms with van der Waals surface area (Å²) < 4.78 is 11.8. The summed E-state index contributed by atoms with van der Waals surface area (Å²) in [5, 5.41) is 2.86. The van der Waals surface area contributed by atoms with Gasteiger partial charge < -0.3 is 14.8 Å². The quantitative estimate of drug-likeness (QED) is 0.689. The summed E-state index contributed by atoms with van der Waals surface area (Å²) in [5.41, 5.74) is 0.620. The summed E-state index contributed by atoms with van der Waals surface area (Å²) in [6.07, 6.45) is 0.779. The minimum atomic E-state index is -0.0925. The standard InChI is InChI=1S/C13H17Br2NO3/c1-18-7-8-19-6-2-5-16-13(17)11-9-10(14)3-4-12(11)15/h3-4,9H,2,5-8H2,1H3,(H,16,17). The zero-order valence-corrected chi connectivity index (χ0v) is 13.9. The lowest BCUT2D eigenvalue weighted by atomic mass is 10.2. The number of ether oxygens (including phenoxy) is 2. The van der Waals surface area contributed by atoms with E-state index >= 15 is 0 Å². The molecule has 0 aliphatic rings. The number of methoxy groups -OCH3 is 1. The van der Waals surface area contributed by atoms with Gasteiger partial charge in [-0.05, 0) is 40.5 Å². The Morgan fingerprint density at radius 1 is 1.26 bits per heavy atom. The Balaban J connectivity index is 2.26. The number of hydrogen-bond donors (Lipinski definition) is 1. The van der Waals surface area contributed by atoms with Crippen molar-refractivity contribution in [3.8, 4) is 0 Å². The van der Waals surface area contributed by atoms with Crippen LogP contribution in [0.25, 0.3) is 0 Å². The molecule has 0 atom stereocenters. The van der Waals surface area contributed by atoms with E-state index in [9.17, 15) is 4.79 Å². The highest BCUT2D eigenvalue weighted by molar-refractivity contribution is 9.11. The van der Waals surface area contributed by atoms with Gasteiger partial charge in [-0.15, -0.1) is 0 Å². The van der Waals surface area contributed by atoms with Crippen LogP contribution in [0.4, 0.5) is 0 Å². The van der Waals surface area contributed by atoms with Crippen LogP contribution in [0.5, 0.6) is 0 Å². The molecule has 6 heteroatoms. The molecule has 0 heterocycles. The molecule has 1 N–H and O–H groups in total. The summed E-state index contributed by atoms with van der Waals surface area (Å²) in [6.45, 7) is 2.38. The molecule has 0 saturated heterocycles. The molecule has 1 rings (SSSR count). The van der Waals surface area contributed by atoms with Gasteiger partial charge in [0.2, 0.25) is 0 Å². The summed E-state index contributed by atoms with van der Waals surface area (Å²) in [7, 11) is 1.64. The highest BCUT2D eigenvalue weighted by Crippen LogP contribution is 2.21. The van der Waals surface area contributed by atoms with E-state index in [1.54, 1.807) is 13.2 Å². The van der Waals surface area contributed by atoms with Gasteiger partial charge in [-0.1, -0.05) is 15.9 Å². The zero-order chi connectivity index (χ0) is 14.1. The first-order valence-electron chi connectivity index (χ1n) is 5.95. The van der Waals surface area contributed by atoms with E-state index in [1.165, 1.54) is 0 Å². The fourth-order valence-corrected chi connectivity index (χ4v) is 2.17. The van der Waals surface area contributed by atoms with Gasteiger partial charge in [-0.2, -0.15) is 0 Å². The van der Waals surface area contributed by atoms with Crippen molar-refractivity contribution < 1.29 is 14.3 Å². The molecule has 0 radical (unpaired) electrons.